The summed E-state index contributed by atoms with van der Waals surface area (Å²) < 4.78 is 8.88. The lowest BCUT2D eigenvalue weighted by atomic mass is 9.97. The van der Waals surface area contributed by atoms with Crippen LogP contribution >= 0.6 is 0 Å². The Morgan fingerprint density at radius 3 is 1.62 bits per heavy atom. The first-order chi connectivity index (χ1) is 32.2. The summed E-state index contributed by atoms with van der Waals surface area (Å²) in [5, 5.41) is 9.65. The van der Waals surface area contributed by atoms with Gasteiger partial charge in [-0.25, -0.2) is 0 Å². The van der Waals surface area contributed by atoms with E-state index in [4.69, 9.17) is 4.42 Å². The zero-order valence-electron chi connectivity index (χ0n) is 35.4. The smallest absolute Gasteiger partial charge is 0.143 e. The van der Waals surface area contributed by atoms with Crippen LogP contribution in [-0.2, 0) is 0 Å². The Hall–Kier alpha value is -8.66. The Bertz CT molecular complexity index is 3900. The van der Waals surface area contributed by atoms with Crippen LogP contribution in [0.3, 0.4) is 0 Å². The predicted octanol–water partition coefficient (Wildman–Crippen LogP) is 17.5. The topological polar surface area (TPSA) is 21.3 Å². The number of furan rings is 1. The molecule has 13 aromatic rings. The number of benzene rings is 11. The van der Waals surface area contributed by atoms with Gasteiger partial charge in [0.25, 0.3) is 0 Å². The molecule has 65 heavy (non-hydrogen) atoms. The van der Waals surface area contributed by atoms with Crippen LogP contribution in [0.4, 0.5) is 17.1 Å². The highest BCUT2D eigenvalue weighted by Gasteiger charge is 2.20. The molecule has 2 aromatic heterocycles. The van der Waals surface area contributed by atoms with Crippen molar-refractivity contribution in [1.29, 1.82) is 0 Å². The molecule has 2 heterocycles. The van der Waals surface area contributed by atoms with Gasteiger partial charge in [0, 0.05) is 49.4 Å². The molecule has 0 bridgehead atoms. The normalized spacial score (nSPS) is 11.7. The number of aromatic nitrogens is 1. The van der Waals surface area contributed by atoms with E-state index in [0.29, 0.717) is 0 Å². The molecule has 0 unspecified atom stereocenters. The van der Waals surface area contributed by atoms with Crippen LogP contribution in [0, 0.1) is 0 Å². The lowest BCUT2D eigenvalue weighted by Gasteiger charge is -2.28. The number of nitrogens with zero attached hydrogens (tertiary/aromatic N) is 2. The summed E-state index contributed by atoms with van der Waals surface area (Å²) in [4.78, 5) is 2.41. The second-order valence-electron chi connectivity index (χ2n) is 16.8. The Labute approximate surface area is 376 Å². The zero-order chi connectivity index (χ0) is 42.8. The first-order valence-electron chi connectivity index (χ1n) is 22.2. The summed E-state index contributed by atoms with van der Waals surface area (Å²) in [6, 6.07) is 87.7. The van der Waals surface area contributed by atoms with Crippen molar-refractivity contribution in [3.05, 3.63) is 243 Å². The van der Waals surface area contributed by atoms with Crippen LogP contribution < -0.4 is 4.90 Å². The molecule has 3 heteroatoms. The molecular formula is C62H40N2O. The minimum absolute atomic E-state index is 0.903. The molecule has 13 rings (SSSR count). The fraction of sp³-hybridized carbons (Fsp3) is 0. The molecule has 0 aliphatic heterocycles. The van der Waals surface area contributed by atoms with E-state index in [1.54, 1.807) is 0 Å². The Kier molecular flexibility index (Phi) is 8.53. The lowest BCUT2D eigenvalue weighted by molar-refractivity contribution is 0.670. The number of hydrogen-bond acceptors (Lipinski definition) is 2. The average Bonchev–Trinajstić information content (AvgIpc) is 3.93. The van der Waals surface area contributed by atoms with Crippen molar-refractivity contribution in [2.45, 2.75) is 0 Å². The van der Waals surface area contributed by atoms with Crippen molar-refractivity contribution in [3.8, 4) is 39.1 Å². The van der Waals surface area contributed by atoms with Crippen LogP contribution in [0.2, 0.25) is 0 Å². The molecule has 0 atom stereocenters. The van der Waals surface area contributed by atoms with Crippen molar-refractivity contribution in [2.24, 2.45) is 0 Å². The maximum absolute atomic E-state index is 6.47. The lowest BCUT2D eigenvalue weighted by Crippen LogP contribution is -2.10. The van der Waals surface area contributed by atoms with Gasteiger partial charge in [0.05, 0.1) is 22.4 Å². The molecule has 0 amide bonds. The van der Waals surface area contributed by atoms with Gasteiger partial charge < -0.3 is 13.9 Å². The van der Waals surface area contributed by atoms with Gasteiger partial charge in [-0.15, -0.1) is 0 Å². The van der Waals surface area contributed by atoms with Crippen LogP contribution in [0.25, 0.3) is 104 Å². The molecule has 0 aliphatic carbocycles. The molecule has 0 fully saturated rings. The Morgan fingerprint density at radius 1 is 0.323 bits per heavy atom. The average molecular weight is 829 g/mol. The van der Waals surface area contributed by atoms with E-state index in [-0.39, 0.29) is 0 Å². The fourth-order valence-electron chi connectivity index (χ4n) is 10.2. The molecule has 0 saturated heterocycles. The van der Waals surface area contributed by atoms with E-state index < -0.39 is 0 Å². The highest BCUT2D eigenvalue weighted by Crippen LogP contribution is 2.44. The van der Waals surface area contributed by atoms with Crippen LogP contribution in [0.1, 0.15) is 0 Å². The molecular weight excluding hydrogens is 789 g/mol. The fourth-order valence-corrected chi connectivity index (χ4v) is 10.2. The second-order valence-corrected chi connectivity index (χ2v) is 16.8. The summed E-state index contributed by atoms with van der Waals surface area (Å²) >= 11 is 0. The standard InChI is InChI=1S/C62H40N2O/c1-2-18-48-45(15-1)40-60(52-21-4-3-20-51(48)52)63(47-37-33-42(34-38-47)50-25-14-26-56-55-24-8-12-30-61(55)65-62(50)56)46-35-31-41(32-36-46)43-16-13-17-44(39-43)49-19-5-9-27-57(49)64-58-28-10-6-22-53(58)54-23-7-11-29-59(54)64/h1-40H. The Balaban J connectivity index is 0.918. The molecule has 0 N–H and O–H groups in total. The number of anilines is 3. The quantitative estimate of drug-likeness (QED) is 0.149. The molecule has 0 radical (unpaired) electrons. The van der Waals surface area contributed by atoms with Gasteiger partial charge in [0.15, 0.2) is 0 Å². The van der Waals surface area contributed by atoms with Gasteiger partial charge in [0.1, 0.15) is 11.2 Å². The van der Waals surface area contributed by atoms with Crippen molar-refractivity contribution >= 4 is 82.4 Å². The van der Waals surface area contributed by atoms with E-state index >= 15 is 0 Å². The second kappa shape index (κ2) is 15.0. The molecule has 3 nitrogen and oxygen atoms in total. The third-order valence-corrected chi connectivity index (χ3v) is 13.2. The summed E-state index contributed by atoms with van der Waals surface area (Å²) in [6.07, 6.45) is 0. The summed E-state index contributed by atoms with van der Waals surface area (Å²) in [7, 11) is 0. The summed E-state index contributed by atoms with van der Waals surface area (Å²) in [5.41, 5.74) is 15.5. The van der Waals surface area contributed by atoms with E-state index in [9.17, 15) is 0 Å². The van der Waals surface area contributed by atoms with Gasteiger partial charge in [-0.05, 0) is 99.1 Å². The summed E-state index contributed by atoms with van der Waals surface area (Å²) in [6.45, 7) is 0. The van der Waals surface area contributed by atoms with E-state index in [0.717, 1.165) is 66.9 Å². The van der Waals surface area contributed by atoms with Crippen LogP contribution in [0.5, 0.6) is 0 Å². The highest BCUT2D eigenvalue weighted by molar-refractivity contribution is 6.15. The molecule has 11 aromatic carbocycles. The number of fused-ring (bicyclic) bond motifs is 9. The third kappa shape index (κ3) is 6.05. The minimum atomic E-state index is 0.903. The SMILES string of the molecule is c1cc(-c2ccc(N(c3ccc(-c4cccc5c4oc4ccccc45)cc3)c3cc4ccccc4c4ccccc34)cc2)cc(-c2ccccc2-n2c3ccccc3c3ccccc32)c1. The number of para-hydroxylation sites is 5. The van der Waals surface area contributed by atoms with E-state index in [1.807, 2.05) is 12.1 Å². The summed E-state index contributed by atoms with van der Waals surface area (Å²) in [5.74, 6) is 0. The highest BCUT2D eigenvalue weighted by atomic mass is 16.3. The zero-order valence-corrected chi connectivity index (χ0v) is 35.4. The molecule has 0 spiro atoms. The number of hydrogen-bond donors (Lipinski definition) is 0. The third-order valence-electron chi connectivity index (χ3n) is 13.2. The van der Waals surface area contributed by atoms with Gasteiger partial charge in [-0.3, -0.25) is 0 Å². The van der Waals surface area contributed by atoms with Gasteiger partial charge in [-0.1, -0.05) is 182 Å². The maximum Gasteiger partial charge on any atom is 0.143 e. The van der Waals surface area contributed by atoms with Gasteiger partial charge in [-0.2, -0.15) is 0 Å². The first kappa shape index (κ1) is 36.9. The monoisotopic (exact) mass is 828 g/mol. The minimum Gasteiger partial charge on any atom is -0.455 e. The molecule has 0 saturated carbocycles. The van der Waals surface area contributed by atoms with E-state index in [2.05, 4.69) is 240 Å². The molecule has 0 aliphatic rings. The largest absolute Gasteiger partial charge is 0.455 e. The predicted molar refractivity (Wildman–Crippen MR) is 274 cm³/mol. The van der Waals surface area contributed by atoms with Crippen molar-refractivity contribution in [1.82, 2.24) is 4.57 Å². The van der Waals surface area contributed by atoms with Crippen LogP contribution in [-0.4, -0.2) is 4.57 Å². The first-order valence-corrected chi connectivity index (χ1v) is 22.2. The van der Waals surface area contributed by atoms with Crippen molar-refractivity contribution in [2.75, 3.05) is 4.90 Å². The number of rotatable bonds is 7. The van der Waals surface area contributed by atoms with Crippen molar-refractivity contribution in [3.63, 3.8) is 0 Å². The van der Waals surface area contributed by atoms with Gasteiger partial charge in [0.2, 0.25) is 0 Å². The van der Waals surface area contributed by atoms with Crippen molar-refractivity contribution < 1.29 is 4.42 Å². The van der Waals surface area contributed by atoms with Crippen LogP contribution in [0.15, 0.2) is 247 Å². The van der Waals surface area contributed by atoms with E-state index in [1.165, 1.54) is 54.5 Å². The van der Waals surface area contributed by atoms with Gasteiger partial charge >= 0.3 is 0 Å². The Morgan fingerprint density at radius 2 is 0.862 bits per heavy atom. The maximum atomic E-state index is 6.47. The molecule has 304 valence electrons.